The Kier molecular flexibility index (Phi) is 5.40. The van der Waals surface area contributed by atoms with Gasteiger partial charge in [-0.15, -0.1) is 10.2 Å². The third-order valence-corrected chi connectivity index (χ3v) is 5.20. The summed E-state index contributed by atoms with van der Waals surface area (Å²) < 4.78 is 7.22. The molecule has 0 amide bonds. The fourth-order valence-corrected chi connectivity index (χ4v) is 3.78. The number of rotatable bonds is 6. The minimum Gasteiger partial charge on any atom is -0.497 e. The van der Waals surface area contributed by atoms with E-state index in [2.05, 4.69) is 10.2 Å². The van der Waals surface area contributed by atoms with Crippen LogP contribution in [-0.4, -0.2) is 38.7 Å². The first-order chi connectivity index (χ1) is 11.7. The third-order valence-electron chi connectivity index (χ3n) is 4.28. The van der Waals surface area contributed by atoms with E-state index in [-0.39, 0.29) is 5.75 Å². The van der Waals surface area contributed by atoms with Gasteiger partial charge in [0.1, 0.15) is 11.6 Å². The van der Waals surface area contributed by atoms with Gasteiger partial charge in [0.05, 0.1) is 12.9 Å². The maximum Gasteiger partial charge on any atom is 0.313 e. The minimum atomic E-state index is -0.858. The van der Waals surface area contributed by atoms with Gasteiger partial charge in [-0.25, -0.2) is 0 Å². The van der Waals surface area contributed by atoms with Crippen molar-refractivity contribution in [2.45, 2.75) is 43.2 Å². The van der Waals surface area contributed by atoms with Crippen molar-refractivity contribution in [1.29, 1.82) is 0 Å². The number of thioether (sulfide) groups is 1. The number of carboxylic acids is 1. The molecule has 1 aliphatic carbocycles. The van der Waals surface area contributed by atoms with Crippen molar-refractivity contribution < 1.29 is 14.6 Å². The first-order valence-corrected chi connectivity index (χ1v) is 9.12. The van der Waals surface area contributed by atoms with E-state index in [1.807, 2.05) is 28.8 Å². The van der Waals surface area contributed by atoms with Crippen LogP contribution < -0.4 is 4.74 Å². The van der Waals surface area contributed by atoms with Crippen molar-refractivity contribution in [3.05, 3.63) is 30.1 Å². The lowest BCUT2D eigenvalue weighted by Gasteiger charge is -2.22. The topological polar surface area (TPSA) is 77.2 Å². The zero-order valence-corrected chi connectivity index (χ0v) is 14.5. The molecule has 1 aromatic carbocycles. The minimum absolute atomic E-state index is 0.0288. The zero-order valence-electron chi connectivity index (χ0n) is 13.6. The van der Waals surface area contributed by atoms with E-state index in [9.17, 15) is 4.79 Å². The predicted octanol–water partition coefficient (Wildman–Crippen LogP) is 3.50. The van der Waals surface area contributed by atoms with Crippen molar-refractivity contribution in [2.24, 2.45) is 0 Å². The third kappa shape index (κ3) is 3.72. The van der Waals surface area contributed by atoms with Gasteiger partial charge in [-0.05, 0) is 37.1 Å². The summed E-state index contributed by atoms with van der Waals surface area (Å²) in [6.07, 6.45) is 5.90. The molecule has 0 aliphatic heterocycles. The summed E-state index contributed by atoms with van der Waals surface area (Å²) in [6, 6.07) is 7.70. The standard InChI is InChI=1S/C17H21N3O3S/c1-23-14-9-7-13(8-10-14)20-16(12-5-3-2-4-6-12)18-19-17(20)24-11-15(21)22/h7-10,12H,2-6,11H2,1H3,(H,21,22). The second kappa shape index (κ2) is 7.70. The van der Waals surface area contributed by atoms with Crippen LogP contribution in [0.1, 0.15) is 43.8 Å². The number of methoxy groups -OCH3 is 1. The van der Waals surface area contributed by atoms with Crippen LogP contribution in [0.25, 0.3) is 5.69 Å². The van der Waals surface area contributed by atoms with E-state index in [1.54, 1.807) is 7.11 Å². The second-order valence-corrected chi connectivity index (χ2v) is 6.83. The molecule has 0 spiro atoms. The predicted molar refractivity (Wildman–Crippen MR) is 92.1 cm³/mol. The molecule has 0 saturated heterocycles. The van der Waals surface area contributed by atoms with Gasteiger partial charge in [0.15, 0.2) is 5.16 Å². The number of benzene rings is 1. The maximum absolute atomic E-state index is 10.9. The number of hydrogen-bond donors (Lipinski definition) is 1. The Morgan fingerprint density at radius 1 is 1.25 bits per heavy atom. The van der Waals surface area contributed by atoms with Gasteiger partial charge in [0, 0.05) is 11.6 Å². The van der Waals surface area contributed by atoms with Gasteiger partial charge in [0.25, 0.3) is 0 Å². The molecule has 128 valence electrons. The number of carbonyl (C=O) groups is 1. The summed E-state index contributed by atoms with van der Waals surface area (Å²) in [5, 5.41) is 18.3. The molecule has 0 atom stereocenters. The number of aromatic nitrogens is 3. The van der Waals surface area contributed by atoms with Crippen LogP contribution >= 0.6 is 11.8 Å². The Balaban J connectivity index is 1.97. The van der Waals surface area contributed by atoms with Gasteiger partial charge in [-0.3, -0.25) is 9.36 Å². The highest BCUT2D eigenvalue weighted by Crippen LogP contribution is 2.35. The molecule has 3 rings (SSSR count). The van der Waals surface area contributed by atoms with Crippen molar-refractivity contribution in [3.63, 3.8) is 0 Å². The van der Waals surface area contributed by atoms with E-state index in [4.69, 9.17) is 9.84 Å². The molecule has 1 heterocycles. The summed E-state index contributed by atoms with van der Waals surface area (Å²) in [5.41, 5.74) is 0.939. The first-order valence-electron chi connectivity index (χ1n) is 8.13. The van der Waals surface area contributed by atoms with Crippen LogP contribution in [0, 0.1) is 0 Å². The van der Waals surface area contributed by atoms with Crippen molar-refractivity contribution >= 4 is 17.7 Å². The number of nitrogens with zero attached hydrogens (tertiary/aromatic N) is 3. The van der Waals surface area contributed by atoms with Gasteiger partial charge >= 0.3 is 5.97 Å². The van der Waals surface area contributed by atoms with Crippen LogP contribution in [0.4, 0.5) is 0 Å². The molecule has 6 nitrogen and oxygen atoms in total. The van der Waals surface area contributed by atoms with Crippen molar-refractivity contribution in [3.8, 4) is 11.4 Å². The number of hydrogen-bond acceptors (Lipinski definition) is 5. The maximum atomic E-state index is 10.9. The second-order valence-electron chi connectivity index (χ2n) is 5.89. The number of carboxylic acid groups (broad SMARTS) is 1. The summed E-state index contributed by atoms with van der Waals surface area (Å²) in [5.74, 6) is 1.22. The Labute approximate surface area is 145 Å². The highest BCUT2D eigenvalue weighted by molar-refractivity contribution is 7.99. The van der Waals surface area contributed by atoms with Crippen LogP contribution in [0.3, 0.4) is 0 Å². The van der Waals surface area contributed by atoms with E-state index in [0.29, 0.717) is 11.1 Å². The quantitative estimate of drug-likeness (QED) is 0.806. The highest BCUT2D eigenvalue weighted by Gasteiger charge is 2.24. The van der Waals surface area contributed by atoms with Gasteiger partial charge < -0.3 is 9.84 Å². The SMILES string of the molecule is COc1ccc(-n2c(SCC(=O)O)nnc2C2CCCCC2)cc1. The first kappa shape index (κ1) is 16.8. The Hall–Kier alpha value is -2.02. The van der Waals surface area contributed by atoms with Crippen LogP contribution in [0.15, 0.2) is 29.4 Å². The molecular formula is C17H21N3O3S. The van der Waals surface area contributed by atoms with E-state index in [0.717, 1.165) is 30.1 Å². The summed E-state index contributed by atoms with van der Waals surface area (Å²) in [4.78, 5) is 10.9. The molecule has 2 aromatic rings. The van der Waals surface area contributed by atoms with Crippen molar-refractivity contribution in [2.75, 3.05) is 12.9 Å². The molecule has 1 N–H and O–H groups in total. The van der Waals surface area contributed by atoms with Crippen LogP contribution in [0.2, 0.25) is 0 Å². The Morgan fingerprint density at radius 2 is 1.96 bits per heavy atom. The van der Waals surface area contributed by atoms with Crippen LogP contribution in [0.5, 0.6) is 5.75 Å². The van der Waals surface area contributed by atoms with Crippen LogP contribution in [-0.2, 0) is 4.79 Å². The average molecular weight is 347 g/mol. The molecule has 1 aromatic heterocycles. The van der Waals surface area contributed by atoms with Gasteiger partial charge in [-0.2, -0.15) is 0 Å². The molecular weight excluding hydrogens is 326 g/mol. The lowest BCUT2D eigenvalue weighted by molar-refractivity contribution is -0.133. The fourth-order valence-electron chi connectivity index (χ4n) is 3.10. The summed E-state index contributed by atoms with van der Waals surface area (Å²) in [7, 11) is 1.63. The summed E-state index contributed by atoms with van der Waals surface area (Å²) in [6.45, 7) is 0. The molecule has 1 fully saturated rings. The lowest BCUT2D eigenvalue weighted by atomic mass is 9.88. The number of ether oxygens (including phenoxy) is 1. The molecule has 0 bridgehead atoms. The fraction of sp³-hybridized carbons (Fsp3) is 0.471. The largest absolute Gasteiger partial charge is 0.497 e. The average Bonchev–Trinajstić information content (AvgIpc) is 3.04. The molecule has 7 heteroatoms. The zero-order chi connectivity index (χ0) is 16.9. The Morgan fingerprint density at radius 3 is 2.58 bits per heavy atom. The van der Waals surface area contributed by atoms with Crippen molar-refractivity contribution in [1.82, 2.24) is 14.8 Å². The highest BCUT2D eigenvalue weighted by atomic mass is 32.2. The monoisotopic (exact) mass is 347 g/mol. The molecule has 1 aliphatic rings. The smallest absolute Gasteiger partial charge is 0.313 e. The van der Waals surface area contributed by atoms with E-state index >= 15 is 0 Å². The molecule has 0 unspecified atom stereocenters. The summed E-state index contributed by atoms with van der Waals surface area (Å²) >= 11 is 1.20. The molecule has 24 heavy (non-hydrogen) atoms. The van der Waals surface area contributed by atoms with E-state index < -0.39 is 5.97 Å². The van der Waals surface area contributed by atoms with Gasteiger partial charge in [-0.1, -0.05) is 31.0 Å². The lowest BCUT2D eigenvalue weighted by Crippen LogP contribution is -2.12. The molecule has 0 radical (unpaired) electrons. The normalized spacial score (nSPS) is 15.4. The van der Waals surface area contributed by atoms with E-state index in [1.165, 1.54) is 31.0 Å². The van der Waals surface area contributed by atoms with Gasteiger partial charge in [0.2, 0.25) is 0 Å². The molecule has 1 saturated carbocycles. The number of aliphatic carboxylic acids is 1. The Bertz CT molecular complexity index is 694.